The second kappa shape index (κ2) is 4.27. The van der Waals surface area contributed by atoms with E-state index < -0.39 is 0 Å². The van der Waals surface area contributed by atoms with E-state index in [1.54, 1.807) is 12.1 Å². The predicted molar refractivity (Wildman–Crippen MR) is 63.5 cm³/mol. The van der Waals surface area contributed by atoms with Crippen LogP contribution in [0.4, 0.5) is 4.39 Å². The molecule has 0 aromatic heterocycles. The van der Waals surface area contributed by atoms with E-state index in [1.165, 1.54) is 6.07 Å². The van der Waals surface area contributed by atoms with Crippen LogP contribution in [-0.2, 0) is 6.42 Å². The van der Waals surface area contributed by atoms with Crippen LogP contribution in [0.25, 0.3) is 0 Å². The highest BCUT2D eigenvalue weighted by atomic mass is 19.1. The summed E-state index contributed by atoms with van der Waals surface area (Å²) in [5, 5.41) is 0. The Bertz CT molecular complexity index is 418. The molecule has 17 heavy (non-hydrogen) atoms. The lowest BCUT2D eigenvalue weighted by molar-refractivity contribution is 0.0613. The molecule has 92 valence electrons. The fourth-order valence-electron chi connectivity index (χ4n) is 2.65. The smallest absolute Gasteiger partial charge is 0.123 e. The Balaban J connectivity index is 1.56. The summed E-state index contributed by atoms with van der Waals surface area (Å²) < 4.78 is 18.8. The zero-order valence-corrected chi connectivity index (χ0v) is 9.73. The molecule has 3 nitrogen and oxygen atoms in total. The number of nitrogens with two attached hydrogens (primary N) is 1. The van der Waals surface area contributed by atoms with Gasteiger partial charge in [0.2, 0.25) is 0 Å². The molecule has 0 spiro atoms. The van der Waals surface area contributed by atoms with Crippen LogP contribution in [0.2, 0.25) is 0 Å². The molecule has 1 atom stereocenters. The van der Waals surface area contributed by atoms with Gasteiger partial charge in [0.05, 0.1) is 0 Å². The van der Waals surface area contributed by atoms with Crippen molar-refractivity contribution >= 4 is 0 Å². The number of nitrogens with zero attached hydrogens (tertiary/aromatic N) is 1. The maximum absolute atomic E-state index is 13.0. The number of hydrogen-bond acceptors (Lipinski definition) is 3. The zero-order chi connectivity index (χ0) is 11.8. The topological polar surface area (TPSA) is 38.5 Å². The van der Waals surface area contributed by atoms with Gasteiger partial charge in [-0.1, -0.05) is 0 Å². The Labute approximate surface area is 100 Å². The summed E-state index contributed by atoms with van der Waals surface area (Å²) in [4.78, 5) is 2.35. The molecule has 0 radical (unpaired) electrons. The molecule has 1 unspecified atom stereocenters. The normalized spacial score (nSPS) is 24.2. The van der Waals surface area contributed by atoms with E-state index in [0.29, 0.717) is 5.92 Å². The monoisotopic (exact) mass is 236 g/mol. The molecule has 0 bridgehead atoms. The third kappa shape index (κ3) is 2.15. The zero-order valence-electron chi connectivity index (χ0n) is 9.73. The van der Waals surface area contributed by atoms with Crippen LogP contribution in [0.15, 0.2) is 18.2 Å². The first-order valence-corrected chi connectivity index (χ1v) is 6.12. The highest BCUT2D eigenvalue weighted by Gasteiger charge is 2.31. The predicted octanol–water partition coefficient (Wildman–Crippen LogP) is 1.02. The maximum atomic E-state index is 13.0. The van der Waals surface area contributed by atoms with Crippen LogP contribution in [0.5, 0.6) is 5.75 Å². The second-order valence-corrected chi connectivity index (χ2v) is 5.02. The van der Waals surface area contributed by atoms with Crippen molar-refractivity contribution in [2.45, 2.75) is 12.5 Å². The van der Waals surface area contributed by atoms with Gasteiger partial charge in [0.1, 0.15) is 17.7 Å². The number of ether oxygens (including phenoxy) is 1. The minimum atomic E-state index is -0.180. The largest absolute Gasteiger partial charge is 0.488 e. The van der Waals surface area contributed by atoms with Gasteiger partial charge in [-0.2, -0.15) is 0 Å². The van der Waals surface area contributed by atoms with Gasteiger partial charge in [0, 0.05) is 31.6 Å². The van der Waals surface area contributed by atoms with Crippen molar-refractivity contribution in [2.24, 2.45) is 11.7 Å². The molecule has 1 aromatic rings. The Morgan fingerprint density at radius 2 is 2.24 bits per heavy atom. The summed E-state index contributed by atoms with van der Waals surface area (Å²) in [5.74, 6) is 1.31. The van der Waals surface area contributed by atoms with Crippen LogP contribution in [0.1, 0.15) is 5.56 Å². The van der Waals surface area contributed by atoms with Crippen molar-refractivity contribution < 1.29 is 9.13 Å². The summed E-state index contributed by atoms with van der Waals surface area (Å²) in [6, 6.07) is 4.76. The standard InChI is InChI=1S/C13H17FN2O/c14-11-1-2-13-10(3-11)4-12(17-13)8-16-6-9(5-15)7-16/h1-3,9,12H,4-8,15H2. The lowest BCUT2D eigenvalue weighted by atomic mass is 9.99. The quantitative estimate of drug-likeness (QED) is 0.851. The molecule has 2 heterocycles. The summed E-state index contributed by atoms with van der Waals surface area (Å²) in [6.45, 7) is 3.84. The number of halogens is 1. The molecule has 2 N–H and O–H groups in total. The first kappa shape index (κ1) is 11.0. The molecule has 1 fully saturated rings. The lowest BCUT2D eigenvalue weighted by Gasteiger charge is -2.39. The van der Waals surface area contributed by atoms with E-state index in [4.69, 9.17) is 10.5 Å². The van der Waals surface area contributed by atoms with Crippen molar-refractivity contribution in [3.63, 3.8) is 0 Å². The summed E-state index contributed by atoms with van der Waals surface area (Å²) in [7, 11) is 0. The van der Waals surface area contributed by atoms with Crippen LogP contribution in [-0.4, -0.2) is 37.2 Å². The van der Waals surface area contributed by atoms with Crippen molar-refractivity contribution in [3.8, 4) is 5.75 Å². The fourth-order valence-corrected chi connectivity index (χ4v) is 2.65. The van der Waals surface area contributed by atoms with Gasteiger partial charge >= 0.3 is 0 Å². The molecule has 0 saturated carbocycles. The third-order valence-corrected chi connectivity index (χ3v) is 3.59. The average molecular weight is 236 g/mol. The summed E-state index contributed by atoms with van der Waals surface area (Å²) in [5.41, 5.74) is 6.58. The Morgan fingerprint density at radius 3 is 3.00 bits per heavy atom. The Kier molecular flexibility index (Phi) is 2.76. The number of benzene rings is 1. The van der Waals surface area contributed by atoms with E-state index in [9.17, 15) is 4.39 Å². The van der Waals surface area contributed by atoms with Crippen LogP contribution < -0.4 is 10.5 Å². The second-order valence-electron chi connectivity index (χ2n) is 5.02. The lowest BCUT2D eigenvalue weighted by Crippen LogP contribution is -2.52. The third-order valence-electron chi connectivity index (χ3n) is 3.59. The molecular weight excluding hydrogens is 219 g/mol. The van der Waals surface area contributed by atoms with E-state index in [1.807, 2.05) is 0 Å². The van der Waals surface area contributed by atoms with Gasteiger partial charge in [0.25, 0.3) is 0 Å². The van der Waals surface area contributed by atoms with E-state index in [0.717, 1.165) is 43.9 Å². The SMILES string of the molecule is NCC1CN(CC2Cc3cc(F)ccc3O2)C1. The summed E-state index contributed by atoms with van der Waals surface area (Å²) in [6.07, 6.45) is 0.988. The van der Waals surface area contributed by atoms with Crippen molar-refractivity contribution in [2.75, 3.05) is 26.2 Å². The molecule has 3 rings (SSSR count). The Hall–Kier alpha value is -1.13. The van der Waals surface area contributed by atoms with Gasteiger partial charge in [-0.25, -0.2) is 4.39 Å². The molecular formula is C13H17FN2O. The van der Waals surface area contributed by atoms with Crippen LogP contribution in [0, 0.1) is 11.7 Å². The van der Waals surface area contributed by atoms with E-state index in [2.05, 4.69) is 4.90 Å². The van der Waals surface area contributed by atoms with Crippen LogP contribution in [0.3, 0.4) is 0 Å². The van der Waals surface area contributed by atoms with Gasteiger partial charge in [-0.3, -0.25) is 4.90 Å². The molecule has 2 aliphatic rings. The van der Waals surface area contributed by atoms with Gasteiger partial charge in [-0.05, 0) is 30.7 Å². The van der Waals surface area contributed by atoms with Gasteiger partial charge in [-0.15, -0.1) is 0 Å². The number of fused-ring (bicyclic) bond motifs is 1. The van der Waals surface area contributed by atoms with Crippen LogP contribution >= 0.6 is 0 Å². The van der Waals surface area contributed by atoms with Crippen molar-refractivity contribution in [3.05, 3.63) is 29.6 Å². The molecule has 0 aliphatic carbocycles. The Morgan fingerprint density at radius 1 is 1.41 bits per heavy atom. The first-order chi connectivity index (χ1) is 8.24. The first-order valence-electron chi connectivity index (χ1n) is 6.12. The highest BCUT2D eigenvalue weighted by molar-refractivity contribution is 5.37. The van der Waals surface area contributed by atoms with Gasteiger partial charge in [0.15, 0.2) is 0 Å². The number of likely N-dealkylation sites (tertiary alicyclic amines) is 1. The van der Waals surface area contributed by atoms with Crippen molar-refractivity contribution in [1.82, 2.24) is 4.90 Å². The van der Waals surface area contributed by atoms with Crippen molar-refractivity contribution in [1.29, 1.82) is 0 Å². The number of rotatable bonds is 3. The van der Waals surface area contributed by atoms with E-state index in [-0.39, 0.29) is 11.9 Å². The summed E-state index contributed by atoms with van der Waals surface area (Å²) >= 11 is 0. The molecule has 1 saturated heterocycles. The maximum Gasteiger partial charge on any atom is 0.123 e. The fraction of sp³-hybridized carbons (Fsp3) is 0.538. The molecule has 1 aromatic carbocycles. The molecule has 2 aliphatic heterocycles. The van der Waals surface area contributed by atoms with E-state index >= 15 is 0 Å². The molecule has 0 amide bonds. The average Bonchev–Trinajstić information content (AvgIpc) is 2.64. The minimum Gasteiger partial charge on any atom is -0.488 e. The number of hydrogen-bond donors (Lipinski definition) is 1. The molecule has 4 heteroatoms. The van der Waals surface area contributed by atoms with Gasteiger partial charge < -0.3 is 10.5 Å². The highest BCUT2D eigenvalue weighted by Crippen LogP contribution is 2.30. The minimum absolute atomic E-state index is 0.172.